The van der Waals surface area contributed by atoms with Gasteiger partial charge >= 0.3 is 0 Å². The highest BCUT2D eigenvalue weighted by molar-refractivity contribution is 5.44. The molecule has 2 fully saturated rings. The SMILES string of the molecule is c1ccc2c(c1)CNCc1nnc(C3CC4(CNC4)C3)n1-2. The summed E-state index contributed by atoms with van der Waals surface area (Å²) in [6.45, 7) is 4.06. The summed E-state index contributed by atoms with van der Waals surface area (Å²) in [5.74, 6) is 2.78. The van der Waals surface area contributed by atoms with Gasteiger partial charge in [-0.1, -0.05) is 18.2 Å². The number of benzene rings is 1. The van der Waals surface area contributed by atoms with E-state index in [1.165, 1.54) is 43.0 Å². The van der Waals surface area contributed by atoms with Gasteiger partial charge in [0.25, 0.3) is 0 Å². The number of fused-ring (bicyclic) bond motifs is 3. The molecule has 3 heterocycles. The molecular formula is C16H19N5. The lowest BCUT2D eigenvalue weighted by Crippen LogP contribution is -2.59. The smallest absolute Gasteiger partial charge is 0.151 e. The van der Waals surface area contributed by atoms with E-state index in [0.717, 1.165) is 18.9 Å². The predicted octanol–water partition coefficient (Wildman–Crippen LogP) is 1.34. The minimum absolute atomic E-state index is 0.569. The third-order valence-electron chi connectivity index (χ3n) is 5.31. The molecule has 1 aromatic carbocycles. The van der Waals surface area contributed by atoms with Gasteiger partial charge in [0.1, 0.15) is 5.82 Å². The Morgan fingerprint density at radius 2 is 1.90 bits per heavy atom. The van der Waals surface area contributed by atoms with Gasteiger partial charge in [-0.05, 0) is 29.9 Å². The van der Waals surface area contributed by atoms with Crippen molar-refractivity contribution in [2.45, 2.75) is 31.8 Å². The summed E-state index contributed by atoms with van der Waals surface area (Å²) < 4.78 is 2.30. The molecule has 21 heavy (non-hydrogen) atoms. The van der Waals surface area contributed by atoms with Gasteiger partial charge in [0.2, 0.25) is 0 Å². The maximum Gasteiger partial charge on any atom is 0.151 e. The number of hydrogen-bond acceptors (Lipinski definition) is 4. The van der Waals surface area contributed by atoms with Crippen molar-refractivity contribution in [1.29, 1.82) is 0 Å². The fourth-order valence-corrected chi connectivity index (χ4v) is 4.09. The van der Waals surface area contributed by atoms with Crippen LogP contribution in [0, 0.1) is 5.41 Å². The van der Waals surface area contributed by atoms with E-state index in [1.54, 1.807) is 0 Å². The Morgan fingerprint density at radius 3 is 2.71 bits per heavy atom. The van der Waals surface area contributed by atoms with Gasteiger partial charge in [-0.25, -0.2) is 0 Å². The lowest BCUT2D eigenvalue weighted by Gasteiger charge is -2.54. The van der Waals surface area contributed by atoms with Gasteiger partial charge in [0.15, 0.2) is 5.82 Å². The average molecular weight is 281 g/mol. The Kier molecular flexibility index (Phi) is 2.35. The maximum absolute atomic E-state index is 4.54. The second kappa shape index (κ2) is 4.15. The molecule has 2 N–H and O–H groups in total. The molecule has 1 saturated heterocycles. The fraction of sp³-hybridized carbons (Fsp3) is 0.500. The third-order valence-corrected chi connectivity index (χ3v) is 5.31. The average Bonchev–Trinajstić information content (AvgIpc) is 2.72. The standard InChI is InChI=1S/C16H19N5/c1-2-4-13-11(3-1)7-17-8-14-19-20-15(21(13)14)12-5-16(6-12)9-18-10-16/h1-4,12,17-18H,5-10H2. The zero-order valence-electron chi connectivity index (χ0n) is 12.0. The van der Waals surface area contributed by atoms with Crippen LogP contribution in [0.15, 0.2) is 24.3 Å². The molecule has 0 amide bonds. The highest BCUT2D eigenvalue weighted by Gasteiger charge is 2.50. The van der Waals surface area contributed by atoms with E-state index < -0.39 is 0 Å². The van der Waals surface area contributed by atoms with Crippen LogP contribution in [-0.2, 0) is 13.1 Å². The molecule has 2 aliphatic heterocycles. The van der Waals surface area contributed by atoms with Crippen molar-refractivity contribution in [2.75, 3.05) is 13.1 Å². The minimum atomic E-state index is 0.569. The van der Waals surface area contributed by atoms with E-state index in [-0.39, 0.29) is 0 Å². The Labute approximate surface area is 123 Å². The first-order valence-electron chi connectivity index (χ1n) is 7.79. The summed E-state index contributed by atoms with van der Waals surface area (Å²) in [6, 6.07) is 8.60. The molecule has 0 radical (unpaired) electrons. The Balaban J connectivity index is 1.57. The quantitative estimate of drug-likeness (QED) is 0.828. The van der Waals surface area contributed by atoms with Gasteiger partial charge < -0.3 is 10.6 Å². The van der Waals surface area contributed by atoms with Gasteiger partial charge in [0.05, 0.1) is 12.2 Å². The molecule has 0 bridgehead atoms. The third kappa shape index (κ3) is 1.64. The molecular weight excluding hydrogens is 262 g/mol. The van der Waals surface area contributed by atoms with Crippen LogP contribution in [0.25, 0.3) is 5.69 Å². The molecule has 1 aromatic heterocycles. The van der Waals surface area contributed by atoms with Crippen molar-refractivity contribution in [3.63, 3.8) is 0 Å². The number of hydrogen-bond donors (Lipinski definition) is 2. The summed E-state index contributed by atoms with van der Waals surface area (Å²) in [5, 5.41) is 15.8. The van der Waals surface area contributed by atoms with Gasteiger partial charge in [-0.3, -0.25) is 4.57 Å². The normalized spacial score (nSPS) is 22.9. The van der Waals surface area contributed by atoms with Crippen molar-refractivity contribution in [3.05, 3.63) is 41.5 Å². The van der Waals surface area contributed by atoms with E-state index in [0.29, 0.717) is 11.3 Å². The first-order chi connectivity index (χ1) is 10.3. The molecule has 5 rings (SSSR count). The van der Waals surface area contributed by atoms with E-state index in [2.05, 4.69) is 49.7 Å². The second-order valence-corrected chi connectivity index (χ2v) is 6.75. The zero-order chi connectivity index (χ0) is 13.9. The Hall–Kier alpha value is -1.72. The highest BCUT2D eigenvalue weighted by atomic mass is 15.3. The topological polar surface area (TPSA) is 54.8 Å². The van der Waals surface area contributed by atoms with Crippen LogP contribution < -0.4 is 10.6 Å². The van der Waals surface area contributed by atoms with Crippen molar-refractivity contribution >= 4 is 0 Å². The summed E-state index contributed by atoms with van der Waals surface area (Å²) in [7, 11) is 0. The summed E-state index contributed by atoms with van der Waals surface area (Å²) in [4.78, 5) is 0. The first-order valence-corrected chi connectivity index (χ1v) is 7.79. The fourth-order valence-electron chi connectivity index (χ4n) is 4.09. The predicted molar refractivity (Wildman–Crippen MR) is 79.2 cm³/mol. The van der Waals surface area contributed by atoms with E-state index in [9.17, 15) is 0 Å². The largest absolute Gasteiger partial charge is 0.316 e. The second-order valence-electron chi connectivity index (χ2n) is 6.75. The summed E-state index contributed by atoms with van der Waals surface area (Å²) in [6.07, 6.45) is 2.52. The molecule has 1 spiro atoms. The number of nitrogens with one attached hydrogen (secondary N) is 2. The molecule has 0 atom stereocenters. The van der Waals surface area contributed by atoms with E-state index in [1.807, 2.05) is 0 Å². The van der Waals surface area contributed by atoms with Crippen LogP contribution in [0.4, 0.5) is 0 Å². The maximum atomic E-state index is 4.54. The molecule has 1 aliphatic carbocycles. The first kappa shape index (κ1) is 11.9. The van der Waals surface area contributed by atoms with Crippen molar-refractivity contribution in [2.24, 2.45) is 5.41 Å². The van der Waals surface area contributed by atoms with Crippen LogP contribution in [-0.4, -0.2) is 27.9 Å². The van der Waals surface area contributed by atoms with Crippen LogP contribution >= 0.6 is 0 Å². The van der Waals surface area contributed by atoms with Crippen molar-refractivity contribution < 1.29 is 0 Å². The number of aromatic nitrogens is 3. The van der Waals surface area contributed by atoms with Crippen molar-refractivity contribution in [3.8, 4) is 5.69 Å². The Morgan fingerprint density at radius 1 is 1.05 bits per heavy atom. The van der Waals surface area contributed by atoms with Crippen LogP contribution in [0.3, 0.4) is 0 Å². The van der Waals surface area contributed by atoms with Gasteiger partial charge in [-0.2, -0.15) is 0 Å². The lowest BCUT2D eigenvalue weighted by atomic mass is 9.58. The summed E-state index contributed by atoms with van der Waals surface area (Å²) in [5.41, 5.74) is 3.15. The number of para-hydroxylation sites is 1. The van der Waals surface area contributed by atoms with Gasteiger partial charge in [0, 0.05) is 25.6 Å². The van der Waals surface area contributed by atoms with Crippen LogP contribution in [0.2, 0.25) is 0 Å². The monoisotopic (exact) mass is 281 g/mol. The van der Waals surface area contributed by atoms with Crippen molar-refractivity contribution in [1.82, 2.24) is 25.4 Å². The lowest BCUT2D eigenvalue weighted by molar-refractivity contribution is 0.0323. The highest BCUT2D eigenvalue weighted by Crippen LogP contribution is 2.53. The molecule has 1 saturated carbocycles. The molecule has 108 valence electrons. The van der Waals surface area contributed by atoms with Crippen LogP contribution in [0.5, 0.6) is 0 Å². The zero-order valence-corrected chi connectivity index (χ0v) is 12.0. The minimum Gasteiger partial charge on any atom is -0.316 e. The van der Waals surface area contributed by atoms with E-state index >= 15 is 0 Å². The number of rotatable bonds is 1. The molecule has 3 aliphatic rings. The Bertz CT molecular complexity index is 692. The molecule has 0 unspecified atom stereocenters. The van der Waals surface area contributed by atoms with Gasteiger partial charge in [-0.15, -0.1) is 10.2 Å². The van der Waals surface area contributed by atoms with Crippen LogP contribution in [0.1, 0.15) is 36.0 Å². The number of nitrogens with zero attached hydrogens (tertiary/aromatic N) is 3. The summed E-state index contributed by atoms with van der Waals surface area (Å²) >= 11 is 0. The molecule has 5 nitrogen and oxygen atoms in total. The molecule has 5 heteroatoms. The molecule has 2 aromatic rings. The van der Waals surface area contributed by atoms with E-state index in [4.69, 9.17) is 0 Å².